The molecule has 1 aromatic rings. The Kier molecular flexibility index (Phi) is 5.25. The number of likely N-dealkylation sites (tertiary alicyclic amines) is 1. The molecule has 1 aliphatic rings. The lowest BCUT2D eigenvalue weighted by atomic mass is 9.98. The third-order valence-electron chi connectivity index (χ3n) is 3.55. The predicted molar refractivity (Wildman–Crippen MR) is 81.5 cm³/mol. The van der Waals surface area contributed by atoms with Gasteiger partial charge in [0.2, 0.25) is 0 Å². The highest BCUT2D eigenvalue weighted by Crippen LogP contribution is 2.26. The van der Waals surface area contributed by atoms with Crippen molar-refractivity contribution in [1.29, 1.82) is 0 Å². The predicted octanol–water partition coefficient (Wildman–Crippen LogP) is 3.45. The molecular formula is C14H18BrClN2O. The van der Waals surface area contributed by atoms with Crippen LogP contribution in [0.4, 0.5) is 0 Å². The zero-order chi connectivity index (χ0) is 13.8. The number of rotatable bonds is 3. The van der Waals surface area contributed by atoms with Crippen molar-refractivity contribution >= 4 is 33.4 Å². The van der Waals surface area contributed by atoms with E-state index in [0.29, 0.717) is 17.1 Å². The average molecular weight is 346 g/mol. The van der Waals surface area contributed by atoms with Crippen molar-refractivity contribution in [1.82, 2.24) is 4.90 Å². The van der Waals surface area contributed by atoms with E-state index >= 15 is 0 Å². The molecular weight excluding hydrogens is 328 g/mol. The highest BCUT2D eigenvalue weighted by molar-refractivity contribution is 9.10. The van der Waals surface area contributed by atoms with Crippen LogP contribution in [0.5, 0.6) is 0 Å². The molecule has 0 aromatic heterocycles. The molecule has 0 bridgehead atoms. The molecule has 0 radical (unpaired) electrons. The molecule has 0 spiro atoms. The van der Waals surface area contributed by atoms with Gasteiger partial charge in [-0.1, -0.05) is 27.5 Å². The minimum Gasteiger partial charge on any atom is -0.336 e. The Morgan fingerprint density at radius 3 is 3.00 bits per heavy atom. The van der Waals surface area contributed by atoms with Gasteiger partial charge in [-0.05, 0) is 50.4 Å². The molecule has 1 atom stereocenters. The fraction of sp³-hybridized carbons (Fsp3) is 0.500. The number of nitrogens with zero attached hydrogens (tertiary/aromatic N) is 1. The van der Waals surface area contributed by atoms with Crippen LogP contribution in [0.25, 0.3) is 0 Å². The maximum Gasteiger partial charge on any atom is 0.255 e. The Hall–Kier alpha value is -0.580. The van der Waals surface area contributed by atoms with E-state index in [9.17, 15) is 4.79 Å². The molecule has 5 heteroatoms. The van der Waals surface area contributed by atoms with Crippen LogP contribution in [0.3, 0.4) is 0 Å². The molecule has 1 amide bonds. The molecule has 1 aromatic carbocycles. The summed E-state index contributed by atoms with van der Waals surface area (Å²) in [5, 5.41) is 0.505. The molecule has 2 N–H and O–H groups in total. The van der Waals surface area contributed by atoms with E-state index in [-0.39, 0.29) is 11.9 Å². The molecule has 1 unspecified atom stereocenters. The maximum atomic E-state index is 12.6. The van der Waals surface area contributed by atoms with Crippen LogP contribution in [0, 0.1) is 0 Å². The minimum absolute atomic E-state index is 0.0180. The second-order valence-corrected chi connectivity index (χ2v) is 6.17. The summed E-state index contributed by atoms with van der Waals surface area (Å²) in [7, 11) is 0. The summed E-state index contributed by atoms with van der Waals surface area (Å²) < 4.78 is 0.868. The van der Waals surface area contributed by atoms with Crippen LogP contribution in [-0.4, -0.2) is 29.9 Å². The van der Waals surface area contributed by atoms with Gasteiger partial charge in [0.25, 0.3) is 5.91 Å². The highest BCUT2D eigenvalue weighted by atomic mass is 79.9. The van der Waals surface area contributed by atoms with Crippen molar-refractivity contribution in [3.63, 3.8) is 0 Å². The molecule has 1 aliphatic heterocycles. The van der Waals surface area contributed by atoms with Gasteiger partial charge in [-0.3, -0.25) is 4.79 Å². The first kappa shape index (κ1) is 14.8. The van der Waals surface area contributed by atoms with Crippen LogP contribution in [0.2, 0.25) is 5.02 Å². The molecule has 104 valence electrons. The van der Waals surface area contributed by atoms with Crippen LogP contribution in [-0.2, 0) is 0 Å². The summed E-state index contributed by atoms with van der Waals surface area (Å²) in [6.45, 7) is 1.41. The summed E-state index contributed by atoms with van der Waals surface area (Å²) in [6, 6.07) is 5.63. The average Bonchev–Trinajstić information content (AvgIpc) is 2.42. The van der Waals surface area contributed by atoms with E-state index in [1.165, 1.54) is 6.42 Å². The summed E-state index contributed by atoms with van der Waals surface area (Å²) in [5.74, 6) is 0.0180. The van der Waals surface area contributed by atoms with Crippen LogP contribution in [0.1, 0.15) is 36.0 Å². The van der Waals surface area contributed by atoms with E-state index < -0.39 is 0 Å². The number of halogens is 2. The van der Waals surface area contributed by atoms with Gasteiger partial charge in [-0.15, -0.1) is 0 Å². The Morgan fingerprint density at radius 1 is 1.47 bits per heavy atom. The Balaban J connectivity index is 2.23. The first-order valence-electron chi connectivity index (χ1n) is 6.59. The van der Waals surface area contributed by atoms with Gasteiger partial charge in [0, 0.05) is 17.1 Å². The van der Waals surface area contributed by atoms with Gasteiger partial charge in [-0.25, -0.2) is 0 Å². The lowest BCUT2D eigenvalue weighted by molar-refractivity contribution is 0.0605. The largest absolute Gasteiger partial charge is 0.336 e. The van der Waals surface area contributed by atoms with Crippen molar-refractivity contribution in [2.45, 2.75) is 31.7 Å². The lowest BCUT2D eigenvalue weighted by Gasteiger charge is -2.36. The monoisotopic (exact) mass is 344 g/mol. The molecule has 2 rings (SSSR count). The molecule has 1 saturated heterocycles. The fourth-order valence-corrected chi connectivity index (χ4v) is 3.14. The zero-order valence-electron chi connectivity index (χ0n) is 10.7. The lowest BCUT2D eigenvalue weighted by Crippen LogP contribution is -2.44. The van der Waals surface area contributed by atoms with Gasteiger partial charge >= 0.3 is 0 Å². The molecule has 19 heavy (non-hydrogen) atoms. The van der Waals surface area contributed by atoms with Gasteiger partial charge in [0.1, 0.15) is 0 Å². The number of nitrogens with two attached hydrogens (primary N) is 1. The van der Waals surface area contributed by atoms with Crippen molar-refractivity contribution in [3.05, 3.63) is 33.3 Å². The van der Waals surface area contributed by atoms with Gasteiger partial charge in [0.05, 0.1) is 10.6 Å². The van der Waals surface area contributed by atoms with E-state index in [0.717, 1.165) is 30.3 Å². The number of piperidine rings is 1. The SMILES string of the molecule is NCCC1CCCCN1C(=O)c1cc(Br)ccc1Cl. The van der Waals surface area contributed by atoms with Gasteiger partial charge < -0.3 is 10.6 Å². The van der Waals surface area contributed by atoms with Crippen molar-refractivity contribution in [3.8, 4) is 0 Å². The highest BCUT2D eigenvalue weighted by Gasteiger charge is 2.28. The quantitative estimate of drug-likeness (QED) is 0.912. The number of hydrogen-bond donors (Lipinski definition) is 1. The number of benzene rings is 1. The minimum atomic E-state index is 0.0180. The number of amides is 1. The number of carbonyl (C=O) groups is 1. The fourth-order valence-electron chi connectivity index (χ4n) is 2.58. The van der Waals surface area contributed by atoms with Gasteiger partial charge in [-0.2, -0.15) is 0 Å². The number of carbonyl (C=O) groups excluding carboxylic acids is 1. The maximum absolute atomic E-state index is 12.6. The first-order valence-corrected chi connectivity index (χ1v) is 7.76. The molecule has 1 heterocycles. The van der Waals surface area contributed by atoms with Crippen LogP contribution >= 0.6 is 27.5 Å². The summed E-state index contributed by atoms with van der Waals surface area (Å²) in [6.07, 6.45) is 4.12. The summed E-state index contributed by atoms with van der Waals surface area (Å²) in [5.41, 5.74) is 6.21. The normalized spacial score (nSPS) is 19.5. The third-order valence-corrected chi connectivity index (χ3v) is 4.37. The van der Waals surface area contributed by atoms with Crippen molar-refractivity contribution in [2.75, 3.05) is 13.1 Å². The second-order valence-electron chi connectivity index (χ2n) is 4.85. The van der Waals surface area contributed by atoms with E-state index in [2.05, 4.69) is 15.9 Å². The van der Waals surface area contributed by atoms with Crippen molar-refractivity contribution < 1.29 is 4.79 Å². The Labute approximate surface area is 127 Å². The smallest absolute Gasteiger partial charge is 0.255 e. The topological polar surface area (TPSA) is 46.3 Å². The first-order chi connectivity index (χ1) is 9.13. The third kappa shape index (κ3) is 3.50. The van der Waals surface area contributed by atoms with Gasteiger partial charge in [0.15, 0.2) is 0 Å². The molecule has 1 fully saturated rings. The number of hydrogen-bond acceptors (Lipinski definition) is 2. The summed E-state index contributed by atoms with van der Waals surface area (Å²) in [4.78, 5) is 14.6. The zero-order valence-corrected chi connectivity index (χ0v) is 13.1. The standard InChI is InChI=1S/C14H18BrClN2O/c15-10-4-5-13(16)12(9-10)14(19)18-8-2-1-3-11(18)6-7-17/h4-5,9,11H,1-3,6-8,17H2. The Bertz CT molecular complexity index is 465. The molecule has 0 aliphatic carbocycles. The molecule has 0 saturated carbocycles. The van der Waals surface area contributed by atoms with E-state index in [1.807, 2.05) is 11.0 Å². The van der Waals surface area contributed by atoms with Crippen molar-refractivity contribution in [2.24, 2.45) is 5.73 Å². The van der Waals surface area contributed by atoms with Crippen LogP contribution < -0.4 is 5.73 Å². The Morgan fingerprint density at radius 2 is 2.26 bits per heavy atom. The van der Waals surface area contributed by atoms with E-state index in [4.69, 9.17) is 17.3 Å². The van der Waals surface area contributed by atoms with Crippen LogP contribution in [0.15, 0.2) is 22.7 Å². The van der Waals surface area contributed by atoms with E-state index in [1.54, 1.807) is 12.1 Å². The second kappa shape index (κ2) is 6.73. The summed E-state index contributed by atoms with van der Waals surface area (Å²) >= 11 is 9.53. The molecule has 3 nitrogen and oxygen atoms in total.